The number of amides is 2. The Kier molecular flexibility index (Phi) is 5.68. The summed E-state index contributed by atoms with van der Waals surface area (Å²) in [6.45, 7) is 9.88. The fourth-order valence-corrected chi connectivity index (χ4v) is 3.15. The summed E-state index contributed by atoms with van der Waals surface area (Å²) in [7, 11) is 0. The first-order valence-electron chi connectivity index (χ1n) is 9.57. The molecule has 1 N–H and O–H groups in total. The lowest BCUT2D eigenvalue weighted by Crippen LogP contribution is -2.43. The first-order chi connectivity index (χ1) is 12.8. The van der Waals surface area contributed by atoms with Gasteiger partial charge in [-0.25, -0.2) is 4.79 Å². The number of aryl methyl sites for hydroxylation is 1. The zero-order chi connectivity index (χ0) is 19.4. The normalized spacial score (nSPS) is 15.5. The molecule has 27 heavy (non-hydrogen) atoms. The van der Waals surface area contributed by atoms with Crippen LogP contribution in [0.15, 0.2) is 42.6 Å². The zero-order valence-electron chi connectivity index (χ0n) is 16.7. The van der Waals surface area contributed by atoms with Crippen molar-refractivity contribution in [1.29, 1.82) is 0 Å². The maximum atomic E-state index is 12.5. The van der Waals surface area contributed by atoms with Gasteiger partial charge in [0.15, 0.2) is 0 Å². The lowest BCUT2D eigenvalue weighted by Gasteiger charge is -2.32. The SMILES string of the molecule is Cc1ccc(OC2CCN(C(=O)Nc3ccc(C(C)(C)C)cc3)CC2)cn1. The van der Waals surface area contributed by atoms with Gasteiger partial charge in [-0.05, 0) is 42.2 Å². The minimum absolute atomic E-state index is 0.0473. The van der Waals surface area contributed by atoms with Crippen LogP contribution in [0, 0.1) is 6.92 Å². The zero-order valence-corrected chi connectivity index (χ0v) is 16.7. The van der Waals surface area contributed by atoms with E-state index < -0.39 is 0 Å². The van der Waals surface area contributed by atoms with Crippen LogP contribution < -0.4 is 10.1 Å². The predicted octanol–water partition coefficient (Wildman–Crippen LogP) is 4.76. The van der Waals surface area contributed by atoms with E-state index in [1.807, 2.05) is 36.1 Å². The van der Waals surface area contributed by atoms with Crippen LogP contribution in [0.3, 0.4) is 0 Å². The number of anilines is 1. The molecular weight excluding hydrogens is 338 g/mol. The lowest BCUT2D eigenvalue weighted by molar-refractivity contribution is 0.115. The van der Waals surface area contributed by atoms with E-state index in [4.69, 9.17) is 4.74 Å². The Morgan fingerprint density at radius 1 is 1.11 bits per heavy atom. The van der Waals surface area contributed by atoms with Gasteiger partial charge >= 0.3 is 6.03 Å². The van der Waals surface area contributed by atoms with E-state index in [1.165, 1.54) is 5.56 Å². The van der Waals surface area contributed by atoms with Gasteiger partial charge < -0.3 is 15.0 Å². The number of piperidine rings is 1. The molecule has 1 aliphatic rings. The molecule has 2 amide bonds. The van der Waals surface area contributed by atoms with Gasteiger partial charge in [-0.1, -0.05) is 32.9 Å². The van der Waals surface area contributed by atoms with Crippen molar-refractivity contribution >= 4 is 11.7 Å². The summed E-state index contributed by atoms with van der Waals surface area (Å²) in [6.07, 6.45) is 3.54. The standard InChI is InChI=1S/C22H29N3O2/c1-16-5-10-20(15-23-16)27-19-11-13-25(14-12-19)21(26)24-18-8-6-17(7-9-18)22(2,3)4/h5-10,15,19H,11-14H2,1-4H3,(H,24,26). The van der Waals surface area contributed by atoms with Crippen LogP contribution in [0.25, 0.3) is 0 Å². The molecule has 1 aliphatic heterocycles. The number of hydrogen-bond donors (Lipinski definition) is 1. The van der Waals surface area contributed by atoms with Crippen LogP contribution in [-0.2, 0) is 5.41 Å². The predicted molar refractivity (Wildman–Crippen MR) is 108 cm³/mol. The number of hydrogen-bond acceptors (Lipinski definition) is 3. The van der Waals surface area contributed by atoms with E-state index in [1.54, 1.807) is 6.20 Å². The van der Waals surface area contributed by atoms with E-state index in [-0.39, 0.29) is 17.6 Å². The monoisotopic (exact) mass is 367 g/mol. The average Bonchev–Trinajstić information content (AvgIpc) is 2.64. The Balaban J connectivity index is 1.49. The van der Waals surface area contributed by atoms with Gasteiger partial charge in [0.2, 0.25) is 0 Å². The summed E-state index contributed by atoms with van der Waals surface area (Å²) in [6, 6.07) is 11.9. The van der Waals surface area contributed by atoms with E-state index in [9.17, 15) is 4.79 Å². The van der Waals surface area contributed by atoms with Crippen molar-refractivity contribution in [3.63, 3.8) is 0 Å². The van der Waals surface area contributed by atoms with E-state index in [0.717, 1.165) is 30.0 Å². The molecule has 1 aromatic carbocycles. The summed E-state index contributed by atoms with van der Waals surface area (Å²) in [5.74, 6) is 0.794. The lowest BCUT2D eigenvalue weighted by atomic mass is 9.87. The van der Waals surface area contributed by atoms with Gasteiger partial charge in [0.25, 0.3) is 0 Å². The molecule has 0 atom stereocenters. The number of ether oxygens (including phenoxy) is 1. The summed E-state index contributed by atoms with van der Waals surface area (Å²) >= 11 is 0. The van der Waals surface area contributed by atoms with Crippen LogP contribution in [-0.4, -0.2) is 35.1 Å². The minimum Gasteiger partial charge on any atom is -0.489 e. The first kappa shape index (κ1) is 19.2. The van der Waals surface area contributed by atoms with E-state index in [0.29, 0.717) is 13.1 Å². The third kappa shape index (κ3) is 5.22. The molecule has 5 heteroatoms. The van der Waals surface area contributed by atoms with Crippen molar-refractivity contribution in [1.82, 2.24) is 9.88 Å². The van der Waals surface area contributed by atoms with Crippen LogP contribution in [0.5, 0.6) is 5.75 Å². The highest BCUT2D eigenvalue weighted by Gasteiger charge is 2.24. The van der Waals surface area contributed by atoms with Crippen molar-refractivity contribution in [3.05, 3.63) is 53.9 Å². The topological polar surface area (TPSA) is 54.5 Å². The molecule has 0 unspecified atom stereocenters. The van der Waals surface area contributed by atoms with Crippen LogP contribution in [0.2, 0.25) is 0 Å². The molecule has 144 valence electrons. The molecule has 1 saturated heterocycles. The first-order valence-corrected chi connectivity index (χ1v) is 9.57. The largest absolute Gasteiger partial charge is 0.489 e. The molecule has 0 aliphatic carbocycles. The maximum Gasteiger partial charge on any atom is 0.321 e. The average molecular weight is 367 g/mol. The maximum absolute atomic E-state index is 12.5. The summed E-state index contributed by atoms with van der Waals surface area (Å²) in [4.78, 5) is 18.6. The number of carbonyl (C=O) groups excluding carboxylic acids is 1. The van der Waals surface area contributed by atoms with E-state index >= 15 is 0 Å². The number of urea groups is 1. The van der Waals surface area contributed by atoms with Crippen molar-refractivity contribution in [2.45, 2.75) is 52.1 Å². The molecule has 1 aromatic heterocycles. The number of pyridine rings is 1. The van der Waals surface area contributed by atoms with Gasteiger partial charge in [0.1, 0.15) is 11.9 Å². The van der Waals surface area contributed by atoms with Gasteiger partial charge in [0, 0.05) is 37.3 Å². The molecule has 5 nitrogen and oxygen atoms in total. The Morgan fingerprint density at radius 3 is 2.33 bits per heavy atom. The highest BCUT2D eigenvalue weighted by atomic mass is 16.5. The van der Waals surface area contributed by atoms with Gasteiger partial charge in [-0.3, -0.25) is 4.98 Å². The third-order valence-corrected chi connectivity index (χ3v) is 4.92. The number of benzene rings is 1. The quantitative estimate of drug-likeness (QED) is 0.851. The number of nitrogens with one attached hydrogen (secondary N) is 1. The highest BCUT2D eigenvalue weighted by Crippen LogP contribution is 2.24. The second kappa shape index (κ2) is 7.99. The third-order valence-electron chi connectivity index (χ3n) is 4.92. The van der Waals surface area contributed by atoms with Crippen LogP contribution in [0.4, 0.5) is 10.5 Å². The molecule has 0 spiro atoms. The second-order valence-electron chi connectivity index (χ2n) is 8.20. The molecular formula is C22H29N3O2. The summed E-state index contributed by atoms with van der Waals surface area (Å²) in [5, 5.41) is 3.00. The summed E-state index contributed by atoms with van der Waals surface area (Å²) in [5.41, 5.74) is 3.17. The van der Waals surface area contributed by atoms with Crippen LogP contribution >= 0.6 is 0 Å². The minimum atomic E-state index is -0.0473. The molecule has 1 fully saturated rings. The molecule has 3 rings (SSSR count). The second-order valence-corrected chi connectivity index (χ2v) is 8.20. The number of carbonyl (C=O) groups is 1. The number of likely N-dealkylation sites (tertiary alicyclic amines) is 1. The van der Waals surface area contributed by atoms with Gasteiger partial charge in [0.05, 0.1) is 6.20 Å². The molecule has 0 bridgehead atoms. The van der Waals surface area contributed by atoms with Crippen molar-refractivity contribution in [3.8, 4) is 5.75 Å². The van der Waals surface area contributed by atoms with Crippen molar-refractivity contribution < 1.29 is 9.53 Å². The van der Waals surface area contributed by atoms with E-state index in [2.05, 4.69) is 43.2 Å². The molecule has 0 saturated carbocycles. The van der Waals surface area contributed by atoms with Gasteiger partial charge in [-0.15, -0.1) is 0 Å². The molecule has 2 aromatic rings. The fraction of sp³-hybridized carbons (Fsp3) is 0.455. The highest BCUT2D eigenvalue weighted by molar-refractivity contribution is 5.89. The van der Waals surface area contributed by atoms with Crippen LogP contribution in [0.1, 0.15) is 44.9 Å². The summed E-state index contributed by atoms with van der Waals surface area (Å²) < 4.78 is 5.98. The number of rotatable bonds is 3. The van der Waals surface area contributed by atoms with Crippen molar-refractivity contribution in [2.24, 2.45) is 0 Å². The Labute approximate surface area is 161 Å². The molecule has 0 radical (unpaired) electrons. The number of nitrogens with zero attached hydrogens (tertiary/aromatic N) is 2. The fourth-order valence-electron chi connectivity index (χ4n) is 3.15. The number of aromatic nitrogens is 1. The smallest absolute Gasteiger partial charge is 0.321 e. The Bertz CT molecular complexity index is 756. The van der Waals surface area contributed by atoms with Crippen molar-refractivity contribution in [2.75, 3.05) is 18.4 Å². The molecule has 2 heterocycles. The Morgan fingerprint density at radius 2 is 1.78 bits per heavy atom. The Hall–Kier alpha value is -2.56. The van der Waals surface area contributed by atoms with Gasteiger partial charge in [-0.2, -0.15) is 0 Å².